The maximum atomic E-state index is 12.4. The van der Waals surface area contributed by atoms with Gasteiger partial charge in [0.1, 0.15) is 5.75 Å². The third kappa shape index (κ3) is 3.41. The average Bonchev–Trinajstić information content (AvgIpc) is 3.02. The van der Waals surface area contributed by atoms with E-state index in [1.165, 1.54) is 0 Å². The number of carbonyl (C=O) groups is 1. The molecule has 0 radical (unpaired) electrons. The van der Waals surface area contributed by atoms with E-state index in [9.17, 15) is 9.90 Å². The summed E-state index contributed by atoms with van der Waals surface area (Å²) < 4.78 is 6.11. The van der Waals surface area contributed by atoms with Gasteiger partial charge in [0.05, 0.1) is 8.95 Å². The highest BCUT2D eigenvalue weighted by Gasteiger charge is 2.25. The molecule has 1 aliphatic heterocycles. The van der Waals surface area contributed by atoms with Gasteiger partial charge in [-0.15, -0.1) is 0 Å². The molecule has 0 unspecified atom stereocenters. The number of carbonyl (C=O) groups excluding carboxylic acids is 1. The van der Waals surface area contributed by atoms with Gasteiger partial charge < -0.3 is 19.4 Å². The lowest BCUT2D eigenvalue weighted by molar-refractivity contribution is 0.0615. The van der Waals surface area contributed by atoms with Gasteiger partial charge in [-0.2, -0.15) is 4.98 Å². The first kappa shape index (κ1) is 16.4. The molecule has 0 aliphatic carbocycles. The van der Waals surface area contributed by atoms with Crippen LogP contribution in [-0.4, -0.2) is 64.2 Å². The number of nitrogens with zero attached hydrogens (tertiary/aromatic N) is 4. The molecule has 0 spiro atoms. The highest BCUT2D eigenvalue weighted by atomic mass is 79.9. The molecule has 0 bridgehead atoms. The molecule has 3 rings (SSSR count). The van der Waals surface area contributed by atoms with Gasteiger partial charge in [0.2, 0.25) is 5.82 Å². The summed E-state index contributed by atoms with van der Waals surface area (Å²) in [6.07, 6.45) is 0. The average molecular weight is 446 g/mol. The Morgan fingerprint density at radius 2 is 1.83 bits per heavy atom. The van der Waals surface area contributed by atoms with Crippen molar-refractivity contribution in [2.45, 2.75) is 0 Å². The normalized spacial score (nSPS) is 15.9. The third-order valence-corrected chi connectivity index (χ3v) is 4.88. The fourth-order valence-electron chi connectivity index (χ4n) is 2.27. The van der Waals surface area contributed by atoms with E-state index >= 15 is 0 Å². The fraction of sp³-hybridized carbons (Fsp3) is 0.357. The second-order valence-corrected chi connectivity index (χ2v) is 7.02. The first-order chi connectivity index (χ1) is 11.0. The number of rotatable bonds is 2. The van der Waals surface area contributed by atoms with Crippen molar-refractivity contribution < 1.29 is 14.4 Å². The summed E-state index contributed by atoms with van der Waals surface area (Å²) in [5, 5.41) is 13.6. The molecule has 23 heavy (non-hydrogen) atoms. The number of phenolic OH excluding ortho intramolecular Hbond substituents is 1. The number of halogens is 2. The van der Waals surface area contributed by atoms with Crippen LogP contribution in [0.2, 0.25) is 0 Å². The van der Waals surface area contributed by atoms with Gasteiger partial charge >= 0.3 is 11.8 Å². The van der Waals surface area contributed by atoms with E-state index in [-0.39, 0.29) is 17.5 Å². The molecule has 1 aromatic heterocycles. The van der Waals surface area contributed by atoms with Crippen LogP contribution in [0.5, 0.6) is 5.75 Å². The van der Waals surface area contributed by atoms with E-state index in [1.54, 1.807) is 17.0 Å². The van der Waals surface area contributed by atoms with Gasteiger partial charge in [0.15, 0.2) is 0 Å². The van der Waals surface area contributed by atoms with Crippen molar-refractivity contribution in [3.8, 4) is 17.1 Å². The van der Waals surface area contributed by atoms with Crippen LogP contribution in [0.1, 0.15) is 10.7 Å². The van der Waals surface area contributed by atoms with Gasteiger partial charge in [0.25, 0.3) is 0 Å². The minimum absolute atomic E-state index is 0.0233. The summed E-state index contributed by atoms with van der Waals surface area (Å²) in [6, 6.07) is 3.32. The molecule has 7 nitrogen and oxygen atoms in total. The maximum Gasteiger partial charge on any atom is 0.316 e. The first-order valence-corrected chi connectivity index (χ1v) is 8.54. The quantitative estimate of drug-likeness (QED) is 0.763. The second kappa shape index (κ2) is 6.58. The van der Waals surface area contributed by atoms with Crippen molar-refractivity contribution in [2.75, 3.05) is 33.2 Å². The topological polar surface area (TPSA) is 82.7 Å². The first-order valence-electron chi connectivity index (χ1n) is 6.95. The summed E-state index contributed by atoms with van der Waals surface area (Å²) in [4.78, 5) is 20.4. The number of benzene rings is 1. The standard InChI is InChI=1S/C14H14Br2N4O3/c1-19-2-4-20(5-3-19)14(22)13-17-12(18-23-13)8-6-9(15)11(21)10(16)7-8/h6-7,21H,2-5H2,1H3. The van der Waals surface area contributed by atoms with Crippen LogP contribution in [0.4, 0.5) is 0 Å². The molecule has 1 amide bonds. The molecule has 0 atom stereocenters. The Hall–Kier alpha value is -1.45. The zero-order valence-electron chi connectivity index (χ0n) is 12.3. The number of amides is 1. The Morgan fingerprint density at radius 1 is 1.22 bits per heavy atom. The number of phenols is 1. The minimum Gasteiger partial charge on any atom is -0.506 e. The highest BCUT2D eigenvalue weighted by molar-refractivity contribution is 9.11. The molecule has 1 aromatic carbocycles. The number of likely N-dealkylation sites (N-methyl/N-ethyl adjacent to an activating group) is 1. The second-order valence-electron chi connectivity index (χ2n) is 5.31. The molecule has 2 heterocycles. The number of hydrogen-bond donors (Lipinski definition) is 1. The van der Waals surface area contributed by atoms with Crippen LogP contribution >= 0.6 is 31.9 Å². The van der Waals surface area contributed by atoms with Crippen molar-refractivity contribution in [3.05, 3.63) is 27.0 Å². The van der Waals surface area contributed by atoms with Crippen molar-refractivity contribution in [3.63, 3.8) is 0 Å². The van der Waals surface area contributed by atoms with Gasteiger partial charge in [-0.3, -0.25) is 4.79 Å². The van der Waals surface area contributed by atoms with Crippen molar-refractivity contribution in [2.24, 2.45) is 0 Å². The van der Waals surface area contributed by atoms with Crippen LogP contribution in [0.25, 0.3) is 11.4 Å². The van der Waals surface area contributed by atoms with E-state index in [4.69, 9.17) is 4.52 Å². The summed E-state index contributed by atoms with van der Waals surface area (Å²) in [5.74, 6) is 0.105. The van der Waals surface area contributed by atoms with Crippen LogP contribution < -0.4 is 0 Å². The van der Waals surface area contributed by atoms with Crippen LogP contribution in [0.3, 0.4) is 0 Å². The zero-order chi connectivity index (χ0) is 16.6. The lowest BCUT2D eigenvalue weighted by Gasteiger charge is -2.31. The summed E-state index contributed by atoms with van der Waals surface area (Å²) in [6.45, 7) is 2.93. The molecule has 1 N–H and O–H groups in total. The molecule has 1 aliphatic rings. The van der Waals surface area contributed by atoms with Crippen molar-refractivity contribution in [1.29, 1.82) is 0 Å². The van der Waals surface area contributed by atoms with E-state index in [2.05, 4.69) is 46.9 Å². The van der Waals surface area contributed by atoms with Gasteiger partial charge in [0, 0.05) is 31.7 Å². The zero-order valence-corrected chi connectivity index (χ0v) is 15.5. The molecule has 2 aromatic rings. The van der Waals surface area contributed by atoms with E-state index in [0.29, 0.717) is 33.4 Å². The Labute approximate surface area is 149 Å². The SMILES string of the molecule is CN1CCN(C(=O)c2nc(-c3cc(Br)c(O)c(Br)c3)no2)CC1. The lowest BCUT2D eigenvalue weighted by Crippen LogP contribution is -2.47. The Balaban J connectivity index is 1.82. The van der Waals surface area contributed by atoms with Crippen LogP contribution in [0.15, 0.2) is 25.6 Å². The van der Waals surface area contributed by atoms with E-state index in [0.717, 1.165) is 13.1 Å². The van der Waals surface area contributed by atoms with Crippen molar-refractivity contribution in [1.82, 2.24) is 19.9 Å². The minimum atomic E-state index is -0.256. The Morgan fingerprint density at radius 3 is 2.43 bits per heavy atom. The number of aromatic hydroxyl groups is 1. The lowest BCUT2D eigenvalue weighted by atomic mass is 10.2. The molecule has 122 valence electrons. The van der Waals surface area contributed by atoms with E-state index < -0.39 is 0 Å². The van der Waals surface area contributed by atoms with Gasteiger partial charge in [-0.05, 0) is 51.0 Å². The summed E-state index contributed by atoms with van der Waals surface area (Å²) in [5.41, 5.74) is 0.628. The Bertz CT molecular complexity index is 718. The predicted octanol–water partition coefficient (Wildman–Crippen LogP) is 2.35. The molecule has 0 saturated carbocycles. The molecular formula is C14H14Br2N4O3. The van der Waals surface area contributed by atoms with Crippen LogP contribution in [0, 0.1) is 0 Å². The summed E-state index contributed by atoms with van der Waals surface area (Å²) in [7, 11) is 2.02. The number of piperazine rings is 1. The smallest absolute Gasteiger partial charge is 0.316 e. The van der Waals surface area contributed by atoms with Crippen molar-refractivity contribution >= 4 is 37.8 Å². The molecule has 1 fully saturated rings. The van der Waals surface area contributed by atoms with Crippen LogP contribution in [-0.2, 0) is 0 Å². The molecular weight excluding hydrogens is 432 g/mol. The fourth-order valence-corrected chi connectivity index (χ4v) is 3.45. The van der Waals surface area contributed by atoms with E-state index in [1.807, 2.05) is 7.05 Å². The maximum absolute atomic E-state index is 12.4. The monoisotopic (exact) mass is 444 g/mol. The number of hydrogen-bond acceptors (Lipinski definition) is 6. The van der Waals surface area contributed by atoms with Gasteiger partial charge in [-0.25, -0.2) is 0 Å². The predicted molar refractivity (Wildman–Crippen MR) is 90.2 cm³/mol. The van der Waals surface area contributed by atoms with Gasteiger partial charge in [-0.1, -0.05) is 5.16 Å². The third-order valence-electron chi connectivity index (χ3n) is 3.67. The highest BCUT2D eigenvalue weighted by Crippen LogP contribution is 2.36. The molecule has 9 heteroatoms. The number of aromatic nitrogens is 2. The Kier molecular flexibility index (Phi) is 4.69. The summed E-state index contributed by atoms with van der Waals surface area (Å²) >= 11 is 6.50. The largest absolute Gasteiger partial charge is 0.506 e. The molecule has 1 saturated heterocycles.